The molecule has 1 aromatic heterocycles. The van der Waals surface area contributed by atoms with Gasteiger partial charge in [0.25, 0.3) is 0 Å². The first kappa shape index (κ1) is 18.9. The number of nitrogens with one attached hydrogen (secondary N) is 1. The minimum atomic E-state index is -0.0114. The van der Waals surface area contributed by atoms with Crippen molar-refractivity contribution in [3.8, 4) is 11.5 Å². The summed E-state index contributed by atoms with van der Waals surface area (Å²) in [6.07, 6.45) is 4.09. The molecule has 0 aliphatic carbocycles. The maximum Gasteiger partial charge on any atom is 0.185 e. The molecule has 26 heavy (non-hydrogen) atoms. The van der Waals surface area contributed by atoms with Crippen molar-refractivity contribution in [1.82, 2.24) is 10.3 Å². The van der Waals surface area contributed by atoms with Crippen LogP contribution in [-0.4, -0.2) is 49.5 Å². The molecule has 3 rings (SSSR count). The van der Waals surface area contributed by atoms with Crippen molar-refractivity contribution in [2.24, 2.45) is 0 Å². The van der Waals surface area contributed by atoms with Crippen LogP contribution in [0.25, 0.3) is 0 Å². The lowest BCUT2D eigenvalue weighted by atomic mass is 10.0. The van der Waals surface area contributed by atoms with E-state index in [1.54, 1.807) is 18.4 Å². The van der Waals surface area contributed by atoms with Crippen molar-refractivity contribution in [3.63, 3.8) is 0 Å². The number of methoxy groups -OCH3 is 1. The number of aromatic nitrogens is 1. The number of nitrogens with zero attached hydrogens (tertiary/aromatic N) is 2. The summed E-state index contributed by atoms with van der Waals surface area (Å²) in [6.45, 7) is 4.50. The van der Waals surface area contributed by atoms with Crippen LogP contribution in [-0.2, 0) is 0 Å². The SMILES string of the molecule is COc1cc(C(C)NC2CCN(c3nccs3)CC2)ccc1OCCO. The van der Waals surface area contributed by atoms with Gasteiger partial charge in [0.15, 0.2) is 16.6 Å². The second-order valence-electron chi connectivity index (χ2n) is 6.45. The number of ether oxygens (including phenoxy) is 2. The van der Waals surface area contributed by atoms with Gasteiger partial charge in [0.05, 0.1) is 13.7 Å². The Bertz CT molecular complexity index is 673. The van der Waals surface area contributed by atoms with Crippen molar-refractivity contribution in [1.29, 1.82) is 0 Å². The molecule has 2 N–H and O–H groups in total. The van der Waals surface area contributed by atoms with Gasteiger partial charge < -0.3 is 24.8 Å². The van der Waals surface area contributed by atoms with Gasteiger partial charge in [0, 0.05) is 36.8 Å². The van der Waals surface area contributed by atoms with E-state index in [2.05, 4.69) is 28.2 Å². The zero-order chi connectivity index (χ0) is 18.4. The van der Waals surface area contributed by atoms with Crippen LogP contribution < -0.4 is 19.7 Å². The Kier molecular flexibility index (Phi) is 6.71. The van der Waals surface area contributed by atoms with Crippen LogP contribution in [0.15, 0.2) is 29.8 Å². The molecule has 1 unspecified atom stereocenters. The van der Waals surface area contributed by atoms with E-state index in [-0.39, 0.29) is 19.3 Å². The smallest absolute Gasteiger partial charge is 0.185 e. The van der Waals surface area contributed by atoms with Gasteiger partial charge >= 0.3 is 0 Å². The molecule has 142 valence electrons. The highest BCUT2D eigenvalue weighted by Crippen LogP contribution is 2.31. The van der Waals surface area contributed by atoms with Crippen molar-refractivity contribution >= 4 is 16.5 Å². The van der Waals surface area contributed by atoms with Gasteiger partial charge in [-0.05, 0) is 37.5 Å². The molecule has 0 spiro atoms. The standard InChI is InChI=1S/C19H27N3O3S/c1-14(15-3-4-17(25-11-10-23)18(13-15)24-2)21-16-5-8-22(9-6-16)19-20-7-12-26-19/h3-4,7,12-14,16,21,23H,5-6,8-11H2,1-2H3. The molecule has 1 saturated heterocycles. The number of rotatable bonds is 8. The van der Waals surface area contributed by atoms with E-state index >= 15 is 0 Å². The third-order valence-electron chi connectivity index (χ3n) is 4.71. The first-order chi connectivity index (χ1) is 12.7. The number of hydrogen-bond acceptors (Lipinski definition) is 7. The zero-order valence-corrected chi connectivity index (χ0v) is 16.2. The molecule has 1 aliphatic rings. The Morgan fingerprint density at radius 1 is 1.35 bits per heavy atom. The lowest BCUT2D eigenvalue weighted by Gasteiger charge is -2.34. The van der Waals surface area contributed by atoms with Gasteiger partial charge in [-0.25, -0.2) is 4.98 Å². The van der Waals surface area contributed by atoms with Crippen LogP contribution in [0.1, 0.15) is 31.4 Å². The molecule has 0 amide bonds. The molecule has 0 saturated carbocycles. The fraction of sp³-hybridized carbons (Fsp3) is 0.526. The highest BCUT2D eigenvalue weighted by Gasteiger charge is 2.22. The van der Waals surface area contributed by atoms with E-state index in [4.69, 9.17) is 14.6 Å². The number of thiazole rings is 1. The molecule has 0 radical (unpaired) electrons. The second-order valence-corrected chi connectivity index (χ2v) is 7.32. The van der Waals surface area contributed by atoms with Crippen molar-refractivity contribution in [2.45, 2.75) is 31.8 Å². The van der Waals surface area contributed by atoms with Crippen LogP contribution in [0.4, 0.5) is 5.13 Å². The van der Waals surface area contributed by atoms with Gasteiger partial charge in [-0.1, -0.05) is 6.07 Å². The molecule has 7 heteroatoms. The Morgan fingerprint density at radius 2 is 2.15 bits per heavy atom. The Balaban J connectivity index is 1.55. The molecule has 6 nitrogen and oxygen atoms in total. The van der Waals surface area contributed by atoms with Crippen LogP contribution in [0.3, 0.4) is 0 Å². The van der Waals surface area contributed by atoms with Gasteiger partial charge in [0.1, 0.15) is 6.61 Å². The number of hydrogen-bond donors (Lipinski definition) is 2. The van der Waals surface area contributed by atoms with Gasteiger partial charge in [-0.3, -0.25) is 0 Å². The van der Waals surface area contributed by atoms with E-state index in [0.717, 1.165) is 31.1 Å². The Morgan fingerprint density at radius 3 is 2.81 bits per heavy atom. The summed E-state index contributed by atoms with van der Waals surface area (Å²) in [7, 11) is 1.64. The summed E-state index contributed by atoms with van der Waals surface area (Å²) in [6, 6.07) is 6.70. The Labute approximate surface area is 158 Å². The lowest BCUT2D eigenvalue weighted by molar-refractivity contribution is 0.196. The predicted molar refractivity (Wildman–Crippen MR) is 104 cm³/mol. The van der Waals surface area contributed by atoms with Gasteiger partial charge in [-0.15, -0.1) is 11.3 Å². The average Bonchev–Trinajstić information content (AvgIpc) is 3.21. The van der Waals surface area contributed by atoms with Crippen LogP contribution in [0, 0.1) is 0 Å². The zero-order valence-electron chi connectivity index (χ0n) is 15.4. The lowest BCUT2D eigenvalue weighted by Crippen LogP contribution is -2.43. The maximum atomic E-state index is 8.91. The monoisotopic (exact) mass is 377 g/mol. The van der Waals surface area contributed by atoms with Crippen molar-refractivity contribution in [2.75, 3.05) is 38.3 Å². The van der Waals surface area contributed by atoms with E-state index < -0.39 is 0 Å². The minimum absolute atomic E-state index is 0.0114. The topological polar surface area (TPSA) is 66.9 Å². The molecular formula is C19H27N3O3S. The molecule has 1 atom stereocenters. The summed E-state index contributed by atoms with van der Waals surface area (Å²) >= 11 is 1.71. The van der Waals surface area contributed by atoms with Gasteiger partial charge in [0.2, 0.25) is 0 Å². The predicted octanol–water partition coefficient (Wildman–Crippen LogP) is 2.84. The summed E-state index contributed by atoms with van der Waals surface area (Å²) in [5.74, 6) is 1.36. The molecule has 0 bridgehead atoms. The van der Waals surface area contributed by atoms with Crippen molar-refractivity contribution < 1.29 is 14.6 Å². The van der Waals surface area contributed by atoms with Crippen LogP contribution in [0.2, 0.25) is 0 Å². The minimum Gasteiger partial charge on any atom is -0.493 e. The number of aliphatic hydroxyl groups excluding tert-OH is 1. The van der Waals surface area contributed by atoms with Crippen LogP contribution in [0.5, 0.6) is 11.5 Å². The third kappa shape index (κ3) is 4.66. The molecule has 2 heterocycles. The number of anilines is 1. The molecule has 1 fully saturated rings. The first-order valence-electron chi connectivity index (χ1n) is 9.03. The summed E-state index contributed by atoms with van der Waals surface area (Å²) < 4.78 is 10.9. The summed E-state index contributed by atoms with van der Waals surface area (Å²) in [4.78, 5) is 6.77. The van der Waals surface area contributed by atoms with Gasteiger partial charge in [-0.2, -0.15) is 0 Å². The number of piperidine rings is 1. The highest BCUT2D eigenvalue weighted by molar-refractivity contribution is 7.13. The number of benzene rings is 1. The molecule has 2 aromatic rings. The normalized spacial score (nSPS) is 16.5. The third-order valence-corrected chi connectivity index (χ3v) is 5.54. The summed E-state index contributed by atoms with van der Waals surface area (Å²) in [5, 5.41) is 15.8. The quantitative estimate of drug-likeness (QED) is 0.737. The largest absolute Gasteiger partial charge is 0.493 e. The van der Waals surface area contributed by atoms with Crippen LogP contribution >= 0.6 is 11.3 Å². The van der Waals surface area contributed by atoms with E-state index in [0.29, 0.717) is 17.5 Å². The molecule has 1 aromatic carbocycles. The molecular weight excluding hydrogens is 350 g/mol. The molecule has 1 aliphatic heterocycles. The fourth-order valence-electron chi connectivity index (χ4n) is 3.29. The maximum absolute atomic E-state index is 8.91. The second kappa shape index (κ2) is 9.21. The fourth-order valence-corrected chi connectivity index (χ4v) is 3.98. The Hall–Kier alpha value is -1.83. The van der Waals surface area contributed by atoms with E-state index in [1.165, 1.54) is 5.56 Å². The number of aliphatic hydroxyl groups is 1. The van der Waals surface area contributed by atoms with Crippen molar-refractivity contribution in [3.05, 3.63) is 35.3 Å². The van der Waals surface area contributed by atoms with E-state index in [1.807, 2.05) is 23.7 Å². The average molecular weight is 378 g/mol. The summed E-state index contributed by atoms with van der Waals surface area (Å²) in [5.41, 5.74) is 1.17. The van der Waals surface area contributed by atoms with E-state index in [9.17, 15) is 0 Å². The first-order valence-corrected chi connectivity index (χ1v) is 9.91. The highest BCUT2D eigenvalue weighted by atomic mass is 32.1.